The van der Waals surface area contributed by atoms with Crippen molar-refractivity contribution in [2.75, 3.05) is 19.6 Å². The summed E-state index contributed by atoms with van der Waals surface area (Å²) in [6.07, 6.45) is 2.39. The number of hydrogen-bond acceptors (Lipinski definition) is 2. The van der Waals surface area contributed by atoms with Crippen molar-refractivity contribution in [3.8, 4) is 0 Å². The highest BCUT2D eigenvalue weighted by molar-refractivity contribution is 5.27. The van der Waals surface area contributed by atoms with E-state index in [9.17, 15) is 0 Å². The Morgan fingerprint density at radius 3 is 2.50 bits per heavy atom. The summed E-state index contributed by atoms with van der Waals surface area (Å²) in [5.41, 5.74) is 3.10. The van der Waals surface area contributed by atoms with Gasteiger partial charge in [-0.1, -0.05) is 45.0 Å². The van der Waals surface area contributed by atoms with Gasteiger partial charge in [-0.15, -0.1) is 0 Å². The van der Waals surface area contributed by atoms with E-state index in [1.807, 2.05) is 0 Å². The van der Waals surface area contributed by atoms with Gasteiger partial charge in [-0.25, -0.2) is 0 Å². The van der Waals surface area contributed by atoms with Crippen LogP contribution in [0, 0.1) is 0 Å². The van der Waals surface area contributed by atoms with E-state index in [2.05, 4.69) is 55.7 Å². The SMILES string of the molecule is CC(C)(C)c1ccc(CCNC2CCNC2)cc1. The van der Waals surface area contributed by atoms with Gasteiger partial charge in [0.1, 0.15) is 0 Å². The lowest BCUT2D eigenvalue weighted by atomic mass is 9.86. The fourth-order valence-electron chi connectivity index (χ4n) is 2.42. The molecule has 1 saturated heterocycles. The zero-order valence-electron chi connectivity index (χ0n) is 11.9. The van der Waals surface area contributed by atoms with Crippen LogP contribution in [-0.2, 0) is 11.8 Å². The quantitative estimate of drug-likeness (QED) is 0.853. The summed E-state index contributed by atoms with van der Waals surface area (Å²) >= 11 is 0. The molecule has 100 valence electrons. The third-order valence-electron chi connectivity index (χ3n) is 3.73. The molecule has 1 unspecified atom stereocenters. The highest BCUT2D eigenvalue weighted by atomic mass is 15.0. The Morgan fingerprint density at radius 2 is 1.94 bits per heavy atom. The van der Waals surface area contributed by atoms with E-state index in [0.29, 0.717) is 6.04 Å². The zero-order chi connectivity index (χ0) is 13.0. The van der Waals surface area contributed by atoms with Crippen LogP contribution in [0.1, 0.15) is 38.3 Å². The number of hydrogen-bond donors (Lipinski definition) is 2. The Kier molecular flexibility index (Phi) is 4.41. The molecule has 0 bridgehead atoms. The maximum Gasteiger partial charge on any atom is 0.0204 e. The summed E-state index contributed by atoms with van der Waals surface area (Å²) in [5, 5.41) is 6.99. The zero-order valence-corrected chi connectivity index (χ0v) is 11.9. The van der Waals surface area contributed by atoms with Crippen molar-refractivity contribution in [3.63, 3.8) is 0 Å². The van der Waals surface area contributed by atoms with Gasteiger partial charge in [0.25, 0.3) is 0 Å². The second kappa shape index (κ2) is 5.85. The molecule has 2 N–H and O–H groups in total. The molecule has 1 aliphatic heterocycles. The van der Waals surface area contributed by atoms with Gasteiger partial charge in [0.15, 0.2) is 0 Å². The average molecular weight is 246 g/mol. The van der Waals surface area contributed by atoms with Crippen LogP contribution in [0.2, 0.25) is 0 Å². The summed E-state index contributed by atoms with van der Waals surface area (Å²) in [4.78, 5) is 0. The molecule has 1 fully saturated rings. The fraction of sp³-hybridized carbons (Fsp3) is 0.625. The van der Waals surface area contributed by atoms with Gasteiger partial charge in [-0.3, -0.25) is 0 Å². The monoisotopic (exact) mass is 246 g/mol. The van der Waals surface area contributed by atoms with Gasteiger partial charge >= 0.3 is 0 Å². The second-order valence-corrected chi connectivity index (χ2v) is 6.34. The van der Waals surface area contributed by atoms with E-state index in [-0.39, 0.29) is 5.41 Å². The molecular formula is C16H26N2. The van der Waals surface area contributed by atoms with Crippen LogP contribution in [0.15, 0.2) is 24.3 Å². The van der Waals surface area contributed by atoms with Crippen molar-refractivity contribution >= 4 is 0 Å². The van der Waals surface area contributed by atoms with E-state index in [1.54, 1.807) is 0 Å². The van der Waals surface area contributed by atoms with E-state index in [4.69, 9.17) is 0 Å². The number of nitrogens with one attached hydrogen (secondary N) is 2. The van der Waals surface area contributed by atoms with Gasteiger partial charge in [-0.05, 0) is 42.5 Å². The number of rotatable bonds is 4. The van der Waals surface area contributed by atoms with Crippen molar-refractivity contribution in [3.05, 3.63) is 35.4 Å². The smallest absolute Gasteiger partial charge is 0.0204 e. The highest BCUT2D eigenvalue weighted by Gasteiger charge is 2.14. The molecule has 0 aromatic heterocycles. The Bertz CT molecular complexity index is 356. The highest BCUT2D eigenvalue weighted by Crippen LogP contribution is 2.22. The molecule has 1 atom stereocenters. The minimum atomic E-state index is 0.256. The molecular weight excluding hydrogens is 220 g/mol. The molecule has 1 aliphatic rings. The van der Waals surface area contributed by atoms with Gasteiger partial charge in [0.05, 0.1) is 0 Å². The molecule has 2 heteroatoms. The van der Waals surface area contributed by atoms with Crippen LogP contribution in [0.5, 0.6) is 0 Å². The predicted octanol–water partition coefficient (Wildman–Crippen LogP) is 2.48. The largest absolute Gasteiger partial charge is 0.315 e. The molecule has 1 heterocycles. The first-order valence-electron chi connectivity index (χ1n) is 7.09. The van der Waals surface area contributed by atoms with Crippen LogP contribution in [0.4, 0.5) is 0 Å². The van der Waals surface area contributed by atoms with Crippen molar-refractivity contribution in [1.29, 1.82) is 0 Å². The lowest BCUT2D eigenvalue weighted by Gasteiger charge is -2.19. The summed E-state index contributed by atoms with van der Waals surface area (Å²) < 4.78 is 0. The molecule has 0 aliphatic carbocycles. The normalized spacial score (nSPS) is 20.3. The summed E-state index contributed by atoms with van der Waals surface area (Å²) in [6, 6.07) is 9.77. The van der Waals surface area contributed by atoms with Gasteiger partial charge in [-0.2, -0.15) is 0 Å². The van der Waals surface area contributed by atoms with Crippen LogP contribution in [-0.4, -0.2) is 25.7 Å². The van der Waals surface area contributed by atoms with Gasteiger partial charge in [0, 0.05) is 12.6 Å². The molecule has 0 saturated carbocycles. The van der Waals surface area contributed by atoms with E-state index >= 15 is 0 Å². The molecule has 2 nitrogen and oxygen atoms in total. The van der Waals surface area contributed by atoms with E-state index in [1.165, 1.54) is 17.5 Å². The molecule has 2 rings (SSSR count). The van der Waals surface area contributed by atoms with E-state index < -0.39 is 0 Å². The Balaban J connectivity index is 1.79. The molecule has 0 amide bonds. The summed E-state index contributed by atoms with van der Waals surface area (Å²) in [7, 11) is 0. The first-order valence-corrected chi connectivity index (χ1v) is 7.09. The van der Waals surface area contributed by atoms with Crippen molar-refractivity contribution in [1.82, 2.24) is 10.6 Å². The first kappa shape index (κ1) is 13.6. The Morgan fingerprint density at radius 1 is 1.22 bits per heavy atom. The molecule has 1 aromatic rings. The van der Waals surface area contributed by atoms with Crippen molar-refractivity contribution in [2.45, 2.75) is 45.1 Å². The molecule has 18 heavy (non-hydrogen) atoms. The van der Waals surface area contributed by atoms with Crippen LogP contribution in [0.25, 0.3) is 0 Å². The van der Waals surface area contributed by atoms with Gasteiger partial charge in [0.2, 0.25) is 0 Å². The van der Waals surface area contributed by atoms with E-state index in [0.717, 1.165) is 26.1 Å². The Labute approximate surface area is 111 Å². The number of benzene rings is 1. The molecule has 0 radical (unpaired) electrons. The van der Waals surface area contributed by atoms with Crippen molar-refractivity contribution in [2.24, 2.45) is 0 Å². The summed E-state index contributed by atoms with van der Waals surface area (Å²) in [6.45, 7) is 10.2. The summed E-state index contributed by atoms with van der Waals surface area (Å²) in [5.74, 6) is 0. The average Bonchev–Trinajstić information content (AvgIpc) is 2.82. The lowest BCUT2D eigenvalue weighted by molar-refractivity contribution is 0.550. The standard InChI is InChI=1S/C16H26N2/c1-16(2,3)14-6-4-13(5-7-14)8-11-18-15-9-10-17-12-15/h4-7,15,17-18H,8-12H2,1-3H3. The third-order valence-corrected chi connectivity index (χ3v) is 3.73. The minimum absolute atomic E-state index is 0.256. The Hall–Kier alpha value is -0.860. The maximum atomic E-state index is 3.61. The maximum absolute atomic E-state index is 3.61. The molecule has 1 aromatic carbocycles. The minimum Gasteiger partial charge on any atom is -0.315 e. The van der Waals surface area contributed by atoms with Crippen LogP contribution in [0.3, 0.4) is 0 Å². The third kappa shape index (κ3) is 3.82. The van der Waals surface area contributed by atoms with Crippen molar-refractivity contribution < 1.29 is 0 Å². The van der Waals surface area contributed by atoms with Crippen LogP contribution >= 0.6 is 0 Å². The predicted molar refractivity (Wildman–Crippen MR) is 78.1 cm³/mol. The lowest BCUT2D eigenvalue weighted by Crippen LogP contribution is -2.32. The first-order chi connectivity index (χ1) is 8.55. The fourth-order valence-corrected chi connectivity index (χ4v) is 2.42. The second-order valence-electron chi connectivity index (χ2n) is 6.34. The van der Waals surface area contributed by atoms with Crippen LogP contribution < -0.4 is 10.6 Å². The van der Waals surface area contributed by atoms with Gasteiger partial charge < -0.3 is 10.6 Å². The molecule has 0 spiro atoms. The topological polar surface area (TPSA) is 24.1 Å².